The van der Waals surface area contributed by atoms with Crippen molar-refractivity contribution in [3.8, 4) is 11.1 Å². The van der Waals surface area contributed by atoms with Gasteiger partial charge >= 0.3 is 0 Å². The van der Waals surface area contributed by atoms with E-state index in [1.54, 1.807) is 0 Å². The first-order valence-electron chi connectivity index (χ1n) is 5.35. The van der Waals surface area contributed by atoms with Crippen molar-refractivity contribution < 1.29 is 0 Å². The Bertz CT molecular complexity index is 516. The second kappa shape index (κ2) is 6.42. The second-order valence-corrected chi connectivity index (χ2v) is 5.82. The van der Waals surface area contributed by atoms with Crippen LogP contribution >= 0.6 is 55.1 Å². The molecule has 0 amide bonds. The molecule has 0 nitrogen and oxygen atoms in total. The molecule has 0 radical (unpaired) electrons. The van der Waals surface area contributed by atoms with Crippen molar-refractivity contribution in [2.24, 2.45) is 0 Å². The van der Waals surface area contributed by atoms with E-state index in [4.69, 9.17) is 23.2 Å². The van der Waals surface area contributed by atoms with Gasteiger partial charge in [0.15, 0.2) is 0 Å². The van der Waals surface area contributed by atoms with E-state index in [1.165, 1.54) is 0 Å². The molecular weight excluding hydrogens is 399 g/mol. The SMILES string of the molecule is Clc1cc(-c2ccc(CBr)c(Cl)c2)ccc1CBr. The molecule has 18 heavy (non-hydrogen) atoms. The Labute approximate surface area is 134 Å². The maximum Gasteiger partial charge on any atom is 0.0452 e. The van der Waals surface area contributed by atoms with Gasteiger partial charge in [-0.1, -0.05) is 79.3 Å². The van der Waals surface area contributed by atoms with E-state index in [0.29, 0.717) is 0 Å². The fourth-order valence-corrected chi connectivity index (χ4v) is 3.47. The van der Waals surface area contributed by atoms with Crippen LogP contribution in [0.2, 0.25) is 10.0 Å². The normalized spacial score (nSPS) is 10.7. The van der Waals surface area contributed by atoms with E-state index in [0.717, 1.165) is 43.0 Å². The molecule has 94 valence electrons. The highest BCUT2D eigenvalue weighted by Gasteiger charge is 2.05. The zero-order valence-electron chi connectivity index (χ0n) is 9.39. The molecule has 0 atom stereocenters. The monoisotopic (exact) mass is 406 g/mol. The summed E-state index contributed by atoms with van der Waals surface area (Å²) in [5.41, 5.74) is 4.33. The molecule has 0 aliphatic rings. The van der Waals surface area contributed by atoms with Gasteiger partial charge in [0.05, 0.1) is 0 Å². The molecule has 0 saturated heterocycles. The van der Waals surface area contributed by atoms with E-state index < -0.39 is 0 Å². The highest BCUT2D eigenvalue weighted by atomic mass is 79.9. The Morgan fingerprint density at radius 2 is 1.11 bits per heavy atom. The molecule has 0 saturated carbocycles. The van der Waals surface area contributed by atoms with E-state index in [9.17, 15) is 0 Å². The van der Waals surface area contributed by atoms with Crippen LogP contribution in [0.5, 0.6) is 0 Å². The molecule has 2 aromatic rings. The molecule has 2 rings (SSSR count). The largest absolute Gasteiger partial charge is 0.0876 e. The van der Waals surface area contributed by atoms with Gasteiger partial charge in [0.1, 0.15) is 0 Å². The number of halogens is 4. The number of benzene rings is 2. The zero-order valence-corrected chi connectivity index (χ0v) is 14.1. The van der Waals surface area contributed by atoms with Gasteiger partial charge in [-0.05, 0) is 34.4 Å². The molecule has 0 fully saturated rings. The third-order valence-corrected chi connectivity index (χ3v) is 4.64. The summed E-state index contributed by atoms with van der Waals surface area (Å²) in [5, 5.41) is 3.06. The van der Waals surface area contributed by atoms with Crippen LogP contribution in [0.1, 0.15) is 11.1 Å². The van der Waals surface area contributed by atoms with Crippen molar-refractivity contribution in [3.05, 3.63) is 57.6 Å². The smallest absolute Gasteiger partial charge is 0.0452 e. The van der Waals surface area contributed by atoms with Gasteiger partial charge in [-0.25, -0.2) is 0 Å². The van der Waals surface area contributed by atoms with Gasteiger partial charge < -0.3 is 0 Å². The molecule has 0 aliphatic heterocycles. The van der Waals surface area contributed by atoms with Crippen LogP contribution in [0.4, 0.5) is 0 Å². The molecule has 0 bridgehead atoms. The lowest BCUT2D eigenvalue weighted by Gasteiger charge is -2.07. The third kappa shape index (κ3) is 3.11. The topological polar surface area (TPSA) is 0 Å². The summed E-state index contributed by atoms with van der Waals surface area (Å²) < 4.78 is 0. The van der Waals surface area contributed by atoms with Crippen molar-refractivity contribution in [1.29, 1.82) is 0 Å². The van der Waals surface area contributed by atoms with E-state index in [1.807, 2.05) is 24.3 Å². The minimum Gasteiger partial charge on any atom is -0.0876 e. The highest BCUT2D eigenvalue weighted by Crippen LogP contribution is 2.30. The Morgan fingerprint density at radius 1 is 0.722 bits per heavy atom. The van der Waals surface area contributed by atoms with E-state index in [-0.39, 0.29) is 0 Å². The van der Waals surface area contributed by atoms with Crippen LogP contribution in [0, 0.1) is 0 Å². The molecule has 0 unspecified atom stereocenters. The maximum absolute atomic E-state index is 6.21. The fraction of sp³-hybridized carbons (Fsp3) is 0.143. The second-order valence-electron chi connectivity index (χ2n) is 3.88. The maximum atomic E-state index is 6.21. The quantitative estimate of drug-likeness (QED) is 0.512. The van der Waals surface area contributed by atoms with Gasteiger partial charge in [0.25, 0.3) is 0 Å². The fourth-order valence-electron chi connectivity index (χ4n) is 1.67. The minimum absolute atomic E-state index is 0.759. The van der Waals surface area contributed by atoms with Gasteiger partial charge in [-0.2, -0.15) is 0 Å². The predicted octanol–water partition coefficient (Wildman–Crippen LogP) is 6.45. The summed E-state index contributed by atoms with van der Waals surface area (Å²) >= 11 is 19.2. The number of rotatable bonds is 3. The van der Waals surface area contributed by atoms with Crippen molar-refractivity contribution in [2.45, 2.75) is 10.7 Å². The van der Waals surface area contributed by atoms with E-state index >= 15 is 0 Å². The Kier molecular flexibility index (Phi) is 5.14. The zero-order chi connectivity index (χ0) is 13.1. The summed E-state index contributed by atoms with van der Waals surface area (Å²) in [7, 11) is 0. The Hall–Kier alpha value is -0.0200. The molecule has 2 aromatic carbocycles. The van der Waals surface area contributed by atoms with Crippen molar-refractivity contribution in [1.82, 2.24) is 0 Å². The Balaban J connectivity index is 2.42. The summed E-state index contributed by atoms with van der Waals surface area (Å²) in [6.45, 7) is 0. The summed E-state index contributed by atoms with van der Waals surface area (Å²) in [4.78, 5) is 0. The third-order valence-electron chi connectivity index (χ3n) is 2.73. The van der Waals surface area contributed by atoms with Crippen molar-refractivity contribution in [2.75, 3.05) is 0 Å². The van der Waals surface area contributed by atoms with Crippen LogP contribution in [-0.4, -0.2) is 0 Å². The molecule has 0 spiro atoms. The lowest BCUT2D eigenvalue weighted by atomic mass is 10.0. The van der Waals surface area contributed by atoms with Crippen LogP contribution < -0.4 is 0 Å². The number of hydrogen-bond donors (Lipinski definition) is 0. The molecule has 0 aliphatic carbocycles. The van der Waals surface area contributed by atoms with Crippen molar-refractivity contribution in [3.63, 3.8) is 0 Å². The molecule has 0 aromatic heterocycles. The number of hydrogen-bond acceptors (Lipinski definition) is 0. The number of alkyl halides is 2. The molecule has 0 N–H and O–H groups in total. The van der Waals surface area contributed by atoms with Crippen LogP contribution in [0.3, 0.4) is 0 Å². The summed E-state index contributed by atoms with van der Waals surface area (Å²) in [6.07, 6.45) is 0. The van der Waals surface area contributed by atoms with Crippen LogP contribution in [0.25, 0.3) is 11.1 Å². The first-order chi connectivity index (χ1) is 8.65. The average Bonchev–Trinajstić information content (AvgIpc) is 2.38. The average molecular weight is 409 g/mol. The molecule has 4 heteroatoms. The minimum atomic E-state index is 0.759. The van der Waals surface area contributed by atoms with Crippen molar-refractivity contribution >= 4 is 55.1 Å². The van der Waals surface area contributed by atoms with Gasteiger partial charge in [-0.15, -0.1) is 0 Å². The van der Waals surface area contributed by atoms with Gasteiger partial charge in [-0.3, -0.25) is 0 Å². The Morgan fingerprint density at radius 3 is 1.39 bits per heavy atom. The summed E-state index contributed by atoms with van der Waals surface area (Å²) in [5.74, 6) is 0. The molecular formula is C14H10Br2Cl2. The first kappa shape index (κ1) is 14.4. The lowest BCUT2D eigenvalue weighted by Crippen LogP contribution is -1.85. The predicted molar refractivity (Wildman–Crippen MR) is 87.2 cm³/mol. The highest BCUT2D eigenvalue weighted by molar-refractivity contribution is 9.08. The van der Waals surface area contributed by atoms with Gasteiger partial charge in [0, 0.05) is 20.7 Å². The lowest BCUT2D eigenvalue weighted by molar-refractivity contribution is 1.41. The van der Waals surface area contributed by atoms with E-state index in [2.05, 4.69) is 44.0 Å². The van der Waals surface area contributed by atoms with Crippen LogP contribution in [0.15, 0.2) is 36.4 Å². The first-order valence-corrected chi connectivity index (χ1v) is 8.34. The standard InChI is InChI=1S/C14H10Br2Cl2/c15-7-11-3-1-9(5-13(11)17)10-2-4-12(8-16)14(18)6-10/h1-6H,7-8H2. The van der Waals surface area contributed by atoms with Crippen LogP contribution in [-0.2, 0) is 10.7 Å². The van der Waals surface area contributed by atoms with Gasteiger partial charge in [0.2, 0.25) is 0 Å². The molecule has 0 heterocycles. The summed E-state index contributed by atoms with van der Waals surface area (Å²) in [6, 6.07) is 12.1.